The van der Waals surface area contributed by atoms with E-state index in [-0.39, 0.29) is 29.8 Å². The molecule has 114 valence electrons. The molecule has 0 N–H and O–H groups in total. The second kappa shape index (κ2) is 5.86. The van der Waals surface area contributed by atoms with Crippen LogP contribution >= 0.6 is 0 Å². The maximum atomic E-state index is 12.3. The minimum Gasteiger partial charge on any atom is -0.383 e. The van der Waals surface area contributed by atoms with Gasteiger partial charge in [0.15, 0.2) is 0 Å². The third kappa shape index (κ3) is 3.08. The maximum absolute atomic E-state index is 12.3. The minimum absolute atomic E-state index is 0.0312. The third-order valence-electron chi connectivity index (χ3n) is 3.73. The van der Waals surface area contributed by atoms with Gasteiger partial charge in [-0.3, -0.25) is 9.48 Å². The Bertz CT molecular complexity index is 553. The summed E-state index contributed by atoms with van der Waals surface area (Å²) in [7, 11) is 1.65. The lowest BCUT2D eigenvalue weighted by molar-refractivity contribution is -0.133. The highest BCUT2D eigenvalue weighted by molar-refractivity contribution is 5.81. The molecular formula is C15H22N4O2. The summed E-state index contributed by atoms with van der Waals surface area (Å²) >= 11 is 0. The largest absolute Gasteiger partial charge is 0.383 e. The lowest BCUT2D eigenvalue weighted by Crippen LogP contribution is -2.44. The number of aromatic nitrogens is 2. The summed E-state index contributed by atoms with van der Waals surface area (Å²) < 4.78 is 6.83. The topological polar surface area (TPSA) is 71.2 Å². The number of carbonyl (C=O) groups excluding carboxylic acids is 1. The molecule has 6 heteroatoms. The maximum Gasteiger partial charge on any atom is 0.224 e. The molecule has 6 nitrogen and oxygen atoms in total. The molecule has 2 atom stereocenters. The molecule has 1 fully saturated rings. The third-order valence-corrected chi connectivity index (χ3v) is 3.73. The molecule has 1 aromatic rings. The number of rotatable bonds is 4. The van der Waals surface area contributed by atoms with Crippen LogP contribution in [0.1, 0.15) is 38.8 Å². The number of methoxy groups -OCH3 is 1. The van der Waals surface area contributed by atoms with Gasteiger partial charge in [0.05, 0.1) is 37.4 Å². The van der Waals surface area contributed by atoms with Gasteiger partial charge in [-0.15, -0.1) is 0 Å². The predicted molar refractivity (Wildman–Crippen MR) is 77.2 cm³/mol. The highest BCUT2D eigenvalue weighted by Crippen LogP contribution is 2.41. The molecule has 1 aliphatic rings. The molecule has 2 heterocycles. The van der Waals surface area contributed by atoms with E-state index in [0.29, 0.717) is 13.2 Å². The summed E-state index contributed by atoms with van der Waals surface area (Å²) in [6.07, 6.45) is 3.94. The first-order valence-corrected chi connectivity index (χ1v) is 7.11. The van der Waals surface area contributed by atoms with Crippen molar-refractivity contribution in [1.29, 1.82) is 5.26 Å². The molecule has 21 heavy (non-hydrogen) atoms. The average Bonchev–Trinajstić information content (AvgIpc) is 2.98. The summed E-state index contributed by atoms with van der Waals surface area (Å²) in [4.78, 5) is 14.1. The number of likely N-dealkylation sites (tertiary alicyclic amines) is 1. The van der Waals surface area contributed by atoms with Crippen molar-refractivity contribution in [3.05, 3.63) is 18.0 Å². The van der Waals surface area contributed by atoms with Gasteiger partial charge >= 0.3 is 0 Å². The number of nitrogens with zero attached hydrogens (tertiary/aromatic N) is 4. The molecule has 0 aromatic carbocycles. The van der Waals surface area contributed by atoms with Gasteiger partial charge in [-0.1, -0.05) is 0 Å². The van der Waals surface area contributed by atoms with Crippen LogP contribution in [0.4, 0.5) is 0 Å². The summed E-state index contributed by atoms with van der Waals surface area (Å²) in [5.74, 6) is -0.291. The van der Waals surface area contributed by atoms with Crippen LogP contribution in [0.2, 0.25) is 0 Å². The summed E-state index contributed by atoms with van der Waals surface area (Å²) in [6, 6.07) is 2.05. The fourth-order valence-corrected chi connectivity index (χ4v) is 2.86. The monoisotopic (exact) mass is 290 g/mol. The van der Waals surface area contributed by atoms with Crippen LogP contribution in [-0.4, -0.2) is 39.8 Å². The van der Waals surface area contributed by atoms with E-state index < -0.39 is 0 Å². The minimum atomic E-state index is -0.322. The molecule has 0 bridgehead atoms. The van der Waals surface area contributed by atoms with Crippen LogP contribution in [0.3, 0.4) is 0 Å². The smallest absolute Gasteiger partial charge is 0.224 e. The number of ether oxygens (including phenoxy) is 1. The van der Waals surface area contributed by atoms with E-state index in [9.17, 15) is 10.1 Å². The fourth-order valence-electron chi connectivity index (χ4n) is 2.86. The second-order valence-corrected chi connectivity index (χ2v) is 6.35. The molecule has 0 unspecified atom stereocenters. The zero-order chi connectivity index (χ0) is 15.6. The molecular weight excluding hydrogens is 268 g/mol. The van der Waals surface area contributed by atoms with Crippen molar-refractivity contribution >= 4 is 5.91 Å². The second-order valence-electron chi connectivity index (χ2n) is 6.35. The van der Waals surface area contributed by atoms with E-state index in [0.717, 1.165) is 5.56 Å². The molecule has 0 saturated carbocycles. The van der Waals surface area contributed by atoms with Crippen molar-refractivity contribution in [3.8, 4) is 6.07 Å². The van der Waals surface area contributed by atoms with E-state index >= 15 is 0 Å². The van der Waals surface area contributed by atoms with Crippen molar-refractivity contribution in [2.24, 2.45) is 5.92 Å². The van der Waals surface area contributed by atoms with E-state index in [1.807, 2.05) is 31.9 Å². The van der Waals surface area contributed by atoms with Crippen LogP contribution in [0.25, 0.3) is 0 Å². The quantitative estimate of drug-likeness (QED) is 0.847. The Morgan fingerprint density at radius 3 is 2.81 bits per heavy atom. The van der Waals surface area contributed by atoms with Gasteiger partial charge in [0, 0.05) is 30.8 Å². The summed E-state index contributed by atoms with van der Waals surface area (Å²) in [6.45, 7) is 7.21. The molecule has 0 radical (unpaired) electrons. The highest BCUT2D eigenvalue weighted by Gasteiger charge is 2.46. The first-order valence-electron chi connectivity index (χ1n) is 7.11. The predicted octanol–water partition coefficient (Wildman–Crippen LogP) is 1.74. The molecule has 1 saturated heterocycles. The van der Waals surface area contributed by atoms with E-state index in [1.165, 1.54) is 0 Å². The van der Waals surface area contributed by atoms with Crippen LogP contribution in [0, 0.1) is 17.2 Å². The zero-order valence-electron chi connectivity index (χ0n) is 13.0. The van der Waals surface area contributed by atoms with E-state index in [4.69, 9.17) is 4.74 Å². The Morgan fingerprint density at radius 1 is 1.52 bits per heavy atom. The Hall–Kier alpha value is -1.87. The van der Waals surface area contributed by atoms with Gasteiger partial charge < -0.3 is 9.64 Å². The molecule has 1 amide bonds. The molecule has 2 rings (SSSR count). The molecule has 0 spiro atoms. The van der Waals surface area contributed by atoms with Gasteiger partial charge in [0.1, 0.15) is 0 Å². The Morgan fingerprint density at radius 2 is 2.24 bits per heavy atom. The SMILES string of the molecule is COCCn1cc([C@@H]2[C@H](C#N)CC(=O)N2C(C)(C)C)cn1. The van der Waals surface area contributed by atoms with Crippen molar-refractivity contribution in [1.82, 2.24) is 14.7 Å². The first-order chi connectivity index (χ1) is 9.88. The number of hydrogen-bond acceptors (Lipinski definition) is 4. The number of nitriles is 1. The summed E-state index contributed by atoms with van der Waals surface area (Å²) in [5.41, 5.74) is 0.598. The molecule has 1 aromatic heterocycles. The standard InChI is InChI=1S/C15H22N4O2/c1-15(2,3)19-13(20)7-11(8-16)14(19)12-9-17-18(10-12)5-6-21-4/h9-11,14H,5-7H2,1-4H3/t11-,14-/m0/s1. The number of amides is 1. The van der Waals surface area contributed by atoms with Gasteiger partial charge in [-0.2, -0.15) is 10.4 Å². The Kier molecular flexibility index (Phi) is 4.33. The Labute approximate surface area is 125 Å². The van der Waals surface area contributed by atoms with Crippen molar-refractivity contribution in [2.75, 3.05) is 13.7 Å². The van der Waals surface area contributed by atoms with Crippen LogP contribution in [-0.2, 0) is 16.1 Å². The normalized spacial score (nSPS) is 22.6. The Balaban J connectivity index is 2.31. The van der Waals surface area contributed by atoms with Crippen molar-refractivity contribution < 1.29 is 9.53 Å². The molecule has 1 aliphatic heterocycles. The number of carbonyl (C=O) groups is 1. The van der Waals surface area contributed by atoms with Gasteiger partial charge in [0.25, 0.3) is 0 Å². The lowest BCUT2D eigenvalue weighted by atomic mass is 9.95. The van der Waals surface area contributed by atoms with Crippen molar-refractivity contribution in [3.63, 3.8) is 0 Å². The van der Waals surface area contributed by atoms with E-state index in [1.54, 1.807) is 18.0 Å². The number of hydrogen-bond donors (Lipinski definition) is 0. The molecule has 0 aliphatic carbocycles. The van der Waals surface area contributed by atoms with Gasteiger partial charge in [-0.05, 0) is 20.8 Å². The fraction of sp³-hybridized carbons (Fsp3) is 0.667. The average molecular weight is 290 g/mol. The van der Waals surface area contributed by atoms with Gasteiger partial charge in [-0.25, -0.2) is 0 Å². The van der Waals surface area contributed by atoms with Crippen molar-refractivity contribution in [2.45, 2.75) is 45.3 Å². The highest BCUT2D eigenvalue weighted by atomic mass is 16.5. The van der Waals surface area contributed by atoms with Crippen LogP contribution in [0.5, 0.6) is 0 Å². The summed E-state index contributed by atoms with van der Waals surface area (Å²) in [5, 5.41) is 13.7. The van der Waals surface area contributed by atoms with E-state index in [2.05, 4.69) is 11.2 Å². The van der Waals surface area contributed by atoms with Crippen LogP contribution < -0.4 is 0 Å². The zero-order valence-corrected chi connectivity index (χ0v) is 13.0. The van der Waals surface area contributed by atoms with Crippen LogP contribution in [0.15, 0.2) is 12.4 Å². The lowest BCUT2D eigenvalue weighted by Gasteiger charge is -2.37. The first kappa shape index (κ1) is 15.5. The van der Waals surface area contributed by atoms with Gasteiger partial charge in [0.2, 0.25) is 5.91 Å².